The molecule has 0 aliphatic rings. The summed E-state index contributed by atoms with van der Waals surface area (Å²) in [5.41, 5.74) is 2.64. The van der Waals surface area contributed by atoms with Crippen LogP contribution in [-0.4, -0.2) is 42.5 Å². The van der Waals surface area contributed by atoms with Gasteiger partial charge in [-0.05, 0) is 30.0 Å². The van der Waals surface area contributed by atoms with Crippen molar-refractivity contribution < 1.29 is 19.0 Å². The van der Waals surface area contributed by atoms with Gasteiger partial charge in [0.05, 0.1) is 38.3 Å². The van der Waals surface area contributed by atoms with Crippen molar-refractivity contribution in [3.05, 3.63) is 63.8 Å². The molecule has 0 saturated heterocycles. The number of methoxy groups -OCH3 is 3. The average Bonchev–Trinajstić information content (AvgIpc) is 3.32. The maximum absolute atomic E-state index is 13.3. The third kappa shape index (κ3) is 4.59. The summed E-state index contributed by atoms with van der Waals surface area (Å²) in [6.07, 6.45) is 0. The molecule has 0 aliphatic heterocycles. The lowest BCUT2D eigenvalue weighted by atomic mass is 10.2. The van der Waals surface area contributed by atoms with Crippen LogP contribution in [0.5, 0.6) is 17.2 Å². The van der Waals surface area contributed by atoms with Crippen molar-refractivity contribution in [2.24, 2.45) is 0 Å². The summed E-state index contributed by atoms with van der Waals surface area (Å²) in [6.45, 7) is 1.94. The van der Waals surface area contributed by atoms with E-state index in [1.54, 1.807) is 16.7 Å². The lowest BCUT2D eigenvalue weighted by Gasteiger charge is -2.15. The highest BCUT2D eigenvalue weighted by Crippen LogP contribution is 2.40. The van der Waals surface area contributed by atoms with Crippen molar-refractivity contribution >= 4 is 44.9 Å². The molecule has 2 heterocycles. The topological polar surface area (TPSA) is 91.7 Å². The number of thioether (sulfide) groups is 1. The van der Waals surface area contributed by atoms with Gasteiger partial charge in [0.15, 0.2) is 16.7 Å². The van der Waals surface area contributed by atoms with Crippen LogP contribution in [0.25, 0.3) is 15.9 Å². The number of aryl methyl sites for hydroxylation is 1. The summed E-state index contributed by atoms with van der Waals surface area (Å²) in [5, 5.41) is 5.13. The van der Waals surface area contributed by atoms with E-state index in [9.17, 15) is 9.59 Å². The molecule has 0 unspecified atom stereocenters. The quantitative estimate of drug-likeness (QED) is 0.283. The third-order valence-electron chi connectivity index (χ3n) is 5.09. The Morgan fingerprint density at radius 3 is 2.44 bits per heavy atom. The van der Waals surface area contributed by atoms with Crippen LogP contribution < -0.4 is 25.1 Å². The number of nitrogens with zero attached hydrogens (tertiary/aromatic N) is 2. The first-order valence-corrected chi connectivity index (χ1v) is 12.1. The zero-order valence-corrected chi connectivity index (χ0v) is 20.7. The summed E-state index contributed by atoms with van der Waals surface area (Å²) < 4.78 is 18.2. The normalized spacial score (nSPS) is 10.8. The molecule has 0 radical (unpaired) electrons. The number of amides is 1. The summed E-state index contributed by atoms with van der Waals surface area (Å²) in [6, 6.07) is 12.7. The first-order chi connectivity index (χ1) is 16.5. The predicted molar refractivity (Wildman–Crippen MR) is 135 cm³/mol. The van der Waals surface area contributed by atoms with Crippen molar-refractivity contribution in [3.8, 4) is 22.9 Å². The zero-order chi connectivity index (χ0) is 24.2. The van der Waals surface area contributed by atoms with E-state index < -0.39 is 0 Å². The Balaban J connectivity index is 1.62. The molecule has 0 atom stereocenters. The SMILES string of the molecule is COc1cc(NC(=O)CSc2nc3ccsc3c(=O)n2-c2ccccc2C)cc(OC)c1OC. The van der Waals surface area contributed by atoms with Gasteiger partial charge >= 0.3 is 0 Å². The van der Waals surface area contributed by atoms with E-state index in [0.29, 0.717) is 38.3 Å². The predicted octanol–water partition coefficient (Wildman–Crippen LogP) is 4.51. The Labute approximate surface area is 204 Å². The Hall–Kier alpha value is -3.50. The molecule has 2 aromatic heterocycles. The second-order valence-electron chi connectivity index (χ2n) is 7.21. The van der Waals surface area contributed by atoms with Crippen LogP contribution in [0.1, 0.15) is 5.56 Å². The number of nitrogens with one attached hydrogen (secondary N) is 1. The number of carbonyl (C=O) groups is 1. The largest absolute Gasteiger partial charge is 0.493 e. The van der Waals surface area contributed by atoms with Crippen molar-refractivity contribution in [1.82, 2.24) is 9.55 Å². The molecule has 176 valence electrons. The van der Waals surface area contributed by atoms with Crippen LogP contribution in [0.15, 0.2) is 57.8 Å². The highest BCUT2D eigenvalue weighted by molar-refractivity contribution is 7.99. The van der Waals surface area contributed by atoms with Gasteiger partial charge in [-0.2, -0.15) is 0 Å². The van der Waals surface area contributed by atoms with Gasteiger partial charge in [0.25, 0.3) is 5.56 Å². The van der Waals surface area contributed by atoms with Crippen LogP contribution in [0.3, 0.4) is 0 Å². The molecule has 10 heteroatoms. The van der Waals surface area contributed by atoms with Crippen LogP contribution in [-0.2, 0) is 4.79 Å². The van der Waals surface area contributed by atoms with Crippen LogP contribution >= 0.6 is 23.1 Å². The van der Waals surface area contributed by atoms with Gasteiger partial charge < -0.3 is 19.5 Å². The van der Waals surface area contributed by atoms with Crippen molar-refractivity contribution in [1.29, 1.82) is 0 Å². The second kappa shape index (κ2) is 10.2. The van der Waals surface area contributed by atoms with Gasteiger partial charge in [0.1, 0.15) is 4.70 Å². The highest BCUT2D eigenvalue weighted by Gasteiger charge is 2.18. The molecule has 2 aromatic carbocycles. The lowest BCUT2D eigenvalue weighted by molar-refractivity contribution is -0.113. The molecule has 0 spiro atoms. The van der Waals surface area contributed by atoms with Crippen molar-refractivity contribution in [2.75, 3.05) is 32.4 Å². The molecule has 0 saturated carbocycles. The average molecular weight is 498 g/mol. The minimum atomic E-state index is -0.268. The number of rotatable bonds is 8. The number of benzene rings is 2. The minimum Gasteiger partial charge on any atom is -0.493 e. The third-order valence-corrected chi connectivity index (χ3v) is 6.92. The van der Waals surface area contributed by atoms with E-state index in [2.05, 4.69) is 10.3 Å². The van der Waals surface area contributed by atoms with Crippen LogP contribution in [0, 0.1) is 6.92 Å². The molecular weight excluding hydrogens is 474 g/mol. The van der Waals surface area contributed by atoms with E-state index in [-0.39, 0.29) is 17.2 Å². The zero-order valence-electron chi connectivity index (χ0n) is 19.1. The molecule has 0 bridgehead atoms. The fourth-order valence-electron chi connectivity index (χ4n) is 3.50. The number of carbonyl (C=O) groups excluding carboxylic acids is 1. The van der Waals surface area contributed by atoms with Gasteiger partial charge in [-0.25, -0.2) is 4.98 Å². The Bertz CT molecular complexity index is 1390. The summed E-state index contributed by atoms with van der Waals surface area (Å²) >= 11 is 2.55. The fourth-order valence-corrected chi connectivity index (χ4v) is 5.06. The van der Waals surface area contributed by atoms with E-state index in [1.165, 1.54) is 44.4 Å². The van der Waals surface area contributed by atoms with E-state index in [0.717, 1.165) is 11.3 Å². The number of ether oxygens (including phenoxy) is 3. The molecule has 34 heavy (non-hydrogen) atoms. The summed E-state index contributed by atoms with van der Waals surface area (Å²) in [7, 11) is 4.53. The molecule has 8 nitrogen and oxygen atoms in total. The Morgan fingerprint density at radius 2 is 1.79 bits per heavy atom. The number of aromatic nitrogens is 2. The molecule has 4 aromatic rings. The fraction of sp³-hybridized carbons (Fsp3) is 0.208. The number of anilines is 1. The monoisotopic (exact) mass is 497 g/mol. The molecule has 1 amide bonds. The number of para-hydroxylation sites is 1. The highest BCUT2D eigenvalue weighted by atomic mass is 32.2. The maximum Gasteiger partial charge on any atom is 0.276 e. The molecule has 1 N–H and O–H groups in total. The summed E-state index contributed by atoms with van der Waals surface area (Å²) in [4.78, 5) is 30.7. The van der Waals surface area contributed by atoms with Gasteiger partial charge in [-0.1, -0.05) is 30.0 Å². The molecular formula is C24H23N3O5S2. The number of hydrogen-bond donors (Lipinski definition) is 1. The van der Waals surface area contributed by atoms with Crippen molar-refractivity contribution in [2.45, 2.75) is 12.1 Å². The van der Waals surface area contributed by atoms with E-state index in [1.807, 2.05) is 42.6 Å². The minimum absolute atomic E-state index is 0.0463. The first-order valence-electron chi connectivity index (χ1n) is 10.3. The van der Waals surface area contributed by atoms with E-state index >= 15 is 0 Å². The van der Waals surface area contributed by atoms with Crippen molar-refractivity contribution in [3.63, 3.8) is 0 Å². The first kappa shape index (κ1) is 23.7. The van der Waals surface area contributed by atoms with E-state index in [4.69, 9.17) is 14.2 Å². The maximum atomic E-state index is 13.3. The van der Waals surface area contributed by atoms with Gasteiger partial charge in [0.2, 0.25) is 11.7 Å². The van der Waals surface area contributed by atoms with Gasteiger partial charge in [0, 0.05) is 17.8 Å². The van der Waals surface area contributed by atoms with Crippen LogP contribution in [0.4, 0.5) is 5.69 Å². The van der Waals surface area contributed by atoms with Crippen LogP contribution in [0.2, 0.25) is 0 Å². The molecule has 0 aliphatic carbocycles. The number of thiophene rings is 1. The molecule has 4 rings (SSSR count). The lowest BCUT2D eigenvalue weighted by Crippen LogP contribution is -2.22. The Kier molecular flexibility index (Phi) is 7.09. The van der Waals surface area contributed by atoms with Gasteiger partial charge in [-0.15, -0.1) is 11.3 Å². The number of fused-ring (bicyclic) bond motifs is 1. The van der Waals surface area contributed by atoms with Gasteiger partial charge in [-0.3, -0.25) is 14.2 Å². The second-order valence-corrected chi connectivity index (χ2v) is 9.07. The number of hydrogen-bond acceptors (Lipinski definition) is 8. The summed E-state index contributed by atoms with van der Waals surface area (Å²) in [5.74, 6) is 1.08. The standard InChI is InChI=1S/C24H23N3O5S2/c1-14-7-5-6-8-17(14)27-23(29)22-16(9-10-33-22)26-24(27)34-13-20(28)25-15-11-18(30-2)21(32-4)19(12-15)31-3/h5-12H,13H2,1-4H3,(H,25,28). The smallest absolute Gasteiger partial charge is 0.276 e. The Morgan fingerprint density at radius 1 is 1.09 bits per heavy atom. The molecule has 0 fully saturated rings.